The van der Waals surface area contributed by atoms with Crippen LogP contribution in [-0.2, 0) is 22.5 Å². The molecule has 0 aliphatic carbocycles. The lowest BCUT2D eigenvalue weighted by Gasteiger charge is -2.17. The summed E-state index contributed by atoms with van der Waals surface area (Å²) in [4.78, 5) is 14.4. The zero-order valence-corrected chi connectivity index (χ0v) is 16.1. The van der Waals surface area contributed by atoms with Gasteiger partial charge in [-0.2, -0.15) is 0 Å². The summed E-state index contributed by atoms with van der Waals surface area (Å²) in [5.74, 6) is 0.520. The number of esters is 1. The SMILES string of the molecule is CCOC(=O)Cc1cc(O[C@@H]2CCN(Cc3ccccc3)C2)cc2ccoc12. The molecular formula is C23H25NO4. The summed E-state index contributed by atoms with van der Waals surface area (Å²) >= 11 is 0. The van der Waals surface area contributed by atoms with E-state index in [4.69, 9.17) is 13.9 Å². The molecule has 0 N–H and O–H groups in total. The van der Waals surface area contributed by atoms with Crippen molar-refractivity contribution in [1.82, 2.24) is 4.90 Å². The van der Waals surface area contributed by atoms with Gasteiger partial charge in [0.1, 0.15) is 17.4 Å². The van der Waals surface area contributed by atoms with E-state index in [0.717, 1.165) is 48.3 Å². The second-order valence-electron chi connectivity index (χ2n) is 7.15. The highest BCUT2D eigenvalue weighted by Crippen LogP contribution is 2.29. The van der Waals surface area contributed by atoms with Crippen LogP contribution < -0.4 is 4.74 Å². The molecule has 2 heterocycles. The number of fused-ring (bicyclic) bond motifs is 1. The first-order chi connectivity index (χ1) is 13.7. The number of ether oxygens (including phenoxy) is 2. The molecule has 0 saturated carbocycles. The van der Waals surface area contributed by atoms with E-state index in [1.54, 1.807) is 13.2 Å². The van der Waals surface area contributed by atoms with Crippen molar-refractivity contribution in [3.63, 3.8) is 0 Å². The number of carbonyl (C=O) groups is 1. The fourth-order valence-electron chi connectivity index (χ4n) is 3.76. The molecule has 1 aliphatic rings. The third kappa shape index (κ3) is 4.37. The molecule has 1 fully saturated rings. The minimum Gasteiger partial charge on any atom is -0.489 e. The van der Waals surface area contributed by atoms with Crippen molar-refractivity contribution in [2.75, 3.05) is 19.7 Å². The molecule has 3 aromatic rings. The van der Waals surface area contributed by atoms with Crippen LogP contribution in [0.4, 0.5) is 0 Å². The topological polar surface area (TPSA) is 51.9 Å². The van der Waals surface area contributed by atoms with E-state index in [2.05, 4.69) is 29.2 Å². The average Bonchev–Trinajstić information content (AvgIpc) is 3.32. The molecule has 1 aromatic heterocycles. The summed E-state index contributed by atoms with van der Waals surface area (Å²) in [5, 5.41) is 0.941. The van der Waals surface area contributed by atoms with Gasteiger partial charge in [0.15, 0.2) is 0 Å². The van der Waals surface area contributed by atoms with E-state index >= 15 is 0 Å². The summed E-state index contributed by atoms with van der Waals surface area (Å²) in [6.45, 7) is 5.03. The summed E-state index contributed by atoms with van der Waals surface area (Å²) in [7, 11) is 0. The van der Waals surface area contributed by atoms with Crippen molar-refractivity contribution in [2.45, 2.75) is 32.4 Å². The lowest BCUT2D eigenvalue weighted by Crippen LogP contribution is -2.24. The van der Waals surface area contributed by atoms with Crippen molar-refractivity contribution in [2.24, 2.45) is 0 Å². The number of rotatable bonds is 7. The Bertz CT molecular complexity index is 934. The van der Waals surface area contributed by atoms with E-state index in [1.807, 2.05) is 24.3 Å². The highest BCUT2D eigenvalue weighted by molar-refractivity contribution is 5.86. The largest absolute Gasteiger partial charge is 0.489 e. The predicted octanol–water partition coefficient (Wildman–Crippen LogP) is 4.19. The van der Waals surface area contributed by atoms with Crippen LogP contribution in [0.3, 0.4) is 0 Å². The molecule has 1 atom stereocenters. The Balaban J connectivity index is 1.44. The predicted molar refractivity (Wildman–Crippen MR) is 107 cm³/mol. The van der Waals surface area contributed by atoms with Gasteiger partial charge >= 0.3 is 5.97 Å². The molecule has 0 unspecified atom stereocenters. The monoisotopic (exact) mass is 379 g/mol. The Labute approximate surface area is 164 Å². The Kier molecular flexibility index (Phi) is 5.63. The van der Waals surface area contributed by atoms with Gasteiger partial charge in [0.25, 0.3) is 0 Å². The van der Waals surface area contributed by atoms with E-state index in [9.17, 15) is 4.79 Å². The van der Waals surface area contributed by atoms with Gasteiger partial charge < -0.3 is 13.9 Å². The molecule has 4 rings (SSSR count). The fourth-order valence-corrected chi connectivity index (χ4v) is 3.76. The number of furan rings is 1. The minimum atomic E-state index is -0.257. The van der Waals surface area contributed by atoms with Crippen LogP contribution in [0.1, 0.15) is 24.5 Å². The number of nitrogens with zero attached hydrogens (tertiary/aromatic N) is 1. The van der Waals surface area contributed by atoms with Gasteiger partial charge in [-0.25, -0.2) is 0 Å². The zero-order valence-electron chi connectivity index (χ0n) is 16.1. The van der Waals surface area contributed by atoms with Crippen LogP contribution in [0.2, 0.25) is 0 Å². The lowest BCUT2D eigenvalue weighted by molar-refractivity contribution is -0.142. The molecule has 0 radical (unpaired) electrons. The maximum atomic E-state index is 11.9. The van der Waals surface area contributed by atoms with Crippen molar-refractivity contribution < 1.29 is 18.7 Å². The van der Waals surface area contributed by atoms with E-state index in [-0.39, 0.29) is 18.5 Å². The summed E-state index contributed by atoms with van der Waals surface area (Å²) < 4.78 is 16.9. The molecule has 146 valence electrons. The fraction of sp³-hybridized carbons (Fsp3) is 0.348. The average molecular weight is 379 g/mol. The van der Waals surface area contributed by atoms with Crippen LogP contribution in [0.25, 0.3) is 11.0 Å². The first-order valence-electron chi connectivity index (χ1n) is 9.80. The Morgan fingerprint density at radius 1 is 1.21 bits per heavy atom. The molecule has 5 heteroatoms. The molecule has 2 aromatic carbocycles. The number of carbonyl (C=O) groups excluding carboxylic acids is 1. The lowest BCUT2D eigenvalue weighted by atomic mass is 10.1. The number of benzene rings is 2. The van der Waals surface area contributed by atoms with Gasteiger partial charge in [-0.15, -0.1) is 0 Å². The van der Waals surface area contributed by atoms with Crippen LogP contribution in [-0.4, -0.2) is 36.7 Å². The van der Waals surface area contributed by atoms with Crippen LogP contribution >= 0.6 is 0 Å². The third-order valence-corrected chi connectivity index (χ3v) is 5.02. The smallest absolute Gasteiger partial charge is 0.310 e. The third-order valence-electron chi connectivity index (χ3n) is 5.02. The Morgan fingerprint density at radius 2 is 2.07 bits per heavy atom. The van der Waals surface area contributed by atoms with Crippen LogP contribution in [0.5, 0.6) is 5.75 Å². The zero-order chi connectivity index (χ0) is 19.3. The molecule has 5 nitrogen and oxygen atoms in total. The highest BCUT2D eigenvalue weighted by Gasteiger charge is 2.24. The van der Waals surface area contributed by atoms with Gasteiger partial charge in [-0.1, -0.05) is 30.3 Å². The van der Waals surface area contributed by atoms with Crippen molar-refractivity contribution >= 4 is 16.9 Å². The second-order valence-corrected chi connectivity index (χ2v) is 7.15. The Hall–Kier alpha value is -2.79. The highest BCUT2D eigenvalue weighted by atomic mass is 16.5. The summed E-state index contributed by atoms with van der Waals surface area (Å²) in [6, 6.07) is 16.3. The quantitative estimate of drug-likeness (QED) is 0.576. The number of likely N-dealkylation sites (tertiary alicyclic amines) is 1. The molecule has 28 heavy (non-hydrogen) atoms. The van der Waals surface area contributed by atoms with Gasteiger partial charge in [0.05, 0.1) is 19.3 Å². The molecule has 0 amide bonds. The normalized spacial score (nSPS) is 17.1. The van der Waals surface area contributed by atoms with E-state index < -0.39 is 0 Å². The first-order valence-corrected chi connectivity index (χ1v) is 9.80. The van der Waals surface area contributed by atoms with E-state index in [0.29, 0.717) is 6.61 Å². The summed E-state index contributed by atoms with van der Waals surface area (Å²) in [5.41, 5.74) is 2.84. The first kappa shape index (κ1) is 18.6. The van der Waals surface area contributed by atoms with Gasteiger partial charge in [0.2, 0.25) is 0 Å². The minimum absolute atomic E-state index is 0.142. The maximum absolute atomic E-state index is 11.9. The van der Waals surface area contributed by atoms with E-state index in [1.165, 1.54) is 5.56 Å². The van der Waals surface area contributed by atoms with Gasteiger partial charge in [-0.05, 0) is 37.1 Å². The van der Waals surface area contributed by atoms with Crippen molar-refractivity contribution in [1.29, 1.82) is 0 Å². The molecule has 0 spiro atoms. The van der Waals surface area contributed by atoms with Crippen LogP contribution in [0.15, 0.2) is 59.2 Å². The Morgan fingerprint density at radius 3 is 2.89 bits per heavy atom. The molecule has 1 aliphatic heterocycles. The van der Waals surface area contributed by atoms with Gasteiger partial charge in [-0.3, -0.25) is 9.69 Å². The molecular weight excluding hydrogens is 354 g/mol. The van der Waals surface area contributed by atoms with Crippen molar-refractivity contribution in [3.05, 3.63) is 65.9 Å². The standard InChI is InChI=1S/C23H25NO4/c1-2-26-22(25)14-19-13-21(12-18-9-11-27-23(18)19)28-20-8-10-24(16-20)15-17-6-4-3-5-7-17/h3-7,9,11-13,20H,2,8,10,14-16H2,1H3/t20-/m1/s1. The van der Waals surface area contributed by atoms with Crippen molar-refractivity contribution in [3.8, 4) is 5.75 Å². The molecule has 1 saturated heterocycles. The maximum Gasteiger partial charge on any atom is 0.310 e. The number of hydrogen-bond donors (Lipinski definition) is 0. The summed E-state index contributed by atoms with van der Waals surface area (Å²) in [6.07, 6.45) is 2.95. The number of hydrogen-bond acceptors (Lipinski definition) is 5. The molecule has 0 bridgehead atoms. The van der Waals surface area contributed by atoms with Crippen LogP contribution in [0, 0.1) is 0 Å². The van der Waals surface area contributed by atoms with Gasteiger partial charge in [0, 0.05) is 30.6 Å². The second kappa shape index (κ2) is 8.48.